The standard InChI is InChI=1S/C23H25IN4O5S2/c1-14-21(34-23(26-14)27-20(29)11-15-7-9-33-10-8-15)16-12-19(22(32-2)25-13-16)35(30,31)28-18-6-4-3-5-17(18)24/h3-6,12-13,15,28H,7-11H2,1-2H3,(H,26,27,29). The number of amides is 1. The van der Waals surface area contributed by atoms with Crippen LogP contribution in [-0.4, -0.2) is 44.6 Å². The van der Waals surface area contributed by atoms with Gasteiger partial charge in [0.05, 0.1) is 23.4 Å². The van der Waals surface area contributed by atoms with Gasteiger partial charge in [0, 0.05) is 35.0 Å². The lowest BCUT2D eigenvalue weighted by atomic mass is 9.96. The van der Waals surface area contributed by atoms with Crippen molar-refractivity contribution in [3.8, 4) is 16.3 Å². The highest BCUT2D eigenvalue weighted by Crippen LogP contribution is 2.36. The lowest BCUT2D eigenvalue weighted by Gasteiger charge is -2.20. The highest BCUT2D eigenvalue weighted by atomic mass is 127. The second-order valence-electron chi connectivity index (χ2n) is 8.06. The molecule has 1 aromatic carbocycles. The molecule has 2 aromatic heterocycles. The first-order valence-electron chi connectivity index (χ1n) is 10.9. The maximum absolute atomic E-state index is 13.2. The number of hydrogen-bond donors (Lipinski definition) is 2. The van der Waals surface area contributed by atoms with Gasteiger partial charge >= 0.3 is 0 Å². The number of halogens is 1. The van der Waals surface area contributed by atoms with Gasteiger partial charge in [0.1, 0.15) is 4.90 Å². The average molecular weight is 629 g/mol. The first-order chi connectivity index (χ1) is 16.8. The van der Waals surface area contributed by atoms with E-state index < -0.39 is 10.0 Å². The number of sulfonamides is 1. The van der Waals surface area contributed by atoms with E-state index in [0.717, 1.165) is 16.4 Å². The molecule has 0 atom stereocenters. The van der Waals surface area contributed by atoms with Crippen molar-refractivity contribution in [1.29, 1.82) is 0 Å². The summed E-state index contributed by atoms with van der Waals surface area (Å²) in [5.41, 5.74) is 1.69. The Balaban J connectivity index is 1.58. The summed E-state index contributed by atoms with van der Waals surface area (Å²) in [5.74, 6) is 0.206. The third-order valence-corrected chi connectivity index (χ3v) is 8.96. The van der Waals surface area contributed by atoms with Gasteiger partial charge in [-0.2, -0.15) is 0 Å². The molecule has 3 heterocycles. The van der Waals surface area contributed by atoms with Gasteiger partial charge in [0.15, 0.2) is 5.13 Å². The fraction of sp³-hybridized carbons (Fsp3) is 0.348. The zero-order valence-corrected chi connectivity index (χ0v) is 23.0. The molecule has 1 amide bonds. The van der Waals surface area contributed by atoms with Crippen LogP contribution in [0.4, 0.5) is 10.8 Å². The predicted molar refractivity (Wildman–Crippen MR) is 143 cm³/mol. The van der Waals surface area contributed by atoms with Crippen LogP contribution in [0.1, 0.15) is 25.0 Å². The maximum Gasteiger partial charge on any atom is 0.267 e. The molecule has 9 nitrogen and oxygen atoms in total. The van der Waals surface area contributed by atoms with Crippen LogP contribution in [0.3, 0.4) is 0 Å². The number of benzene rings is 1. The van der Waals surface area contributed by atoms with Gasteiger partial charge in [0.2, 0.25) is 11.8 Å². The van der Waals surface area contributed by atoms with Crippen molar-refractivity contribution in [3.63, 3.8) is 0 Å². The number of thiazole rings is 1. The van der Waals surface area contributed by atoms with Gasteiger partial charge in [-0.05, 0) is 66.5 Å². The number of hydrogen-bond acceptors (Lipinski definition) is 8. The topological polar surface area (TPSA) is 120 Å². The van der Waals surface area contributed by atoms with Crippen LogP contribution in [0, 0.1) is 16.4 Å². The molecule has 1 aliphatic rings. The minimum absolute atomic E-state index is 0.0145. The molecule has 0 spiro atoms. The Morgan fingerprint density at radius 2 is 2.03 bits per heavy atom. The number of para-hydroxylation sites is 1. The second kappa shape index (κ2) is 11.2. The zero-order chi connectivity index (χ0) is 25.0. The minimum Gasteiger partial charge on any atom is -0.480 e. The number of nitrogens with zero attached hydrogens (tertiary/aromatic N) is 2. The molecule has 0 saturated carbocycles. The van der Waals surface area contributed by atoms with E-state index in [1.165, 1.54) is 30.7 Å². The lowest BCUT2D eigenvalue weighted by molar-refractivity contribution is -0.117. The van der Waals surface area contributed by atoms with Gasteiger partial charge < -0.3 is 14.8 Å². The predicted octanol–water partition coefficient (Wildman–Crippen LogP) is 4.68. The largest absolute Gasteiger partial charge is 0.480 e. The number of pyridine rings is 1. The summed E-state index contributed by atoms with van der Waals surface area (Å²) in [6, 6.07) is 8.59. The Labute approximate surface area is 221 Å². The highest BCUT2D eigenvalue weighted by molar-refractivity contribution is 14.1. The molecule has 0 bridgehead atoms. The maximum atomic E-state index is 13.2. The molecule has 1 saturated heterocycles. The smallest absolute Gasteiger partial charge is 0.267 e. The normalized spacial score (nSPS) is 14.5. The number of methoxy groups -OCH3 is 1. The van der Waals surface area contributed by atoms with Gasteiger partial charge in [-0.15, -0.1) is 0 Å². The fourth-order valence-corrected chi connectivity index (χ4v) is 6.64. The summed E-state index contributed by atoms with van der Waals surface area (Å²) in [5, 5.41) is 3.34. The van der Waals surface area contributed by atoms with Crippen molar-refractivity contribution < 1.29 is 22.7 Å². The van der Waals surface area contributed by atoms with Crippen molar-refractivity contribution in [2.24, 2.45) is 5.92 Å². The number of aromatic nitrogens is 2. The molecular weight excluding hydrogens is 603 g/mol. The molecule has 4 rings (SSSR count). The first kappa shape index (κ1) is 25.8. The molecule has 12 heteroatoms. The van der Waals surface area contributed by atoms with E-state index in [1.54, 1.807) is 12.1 Å². The van der Waals surface area contributed by atoms with E-state index in [9.17, 15) is 13.2 Å². The number of rotatable bonds is 8. The number of anilines is 2. The number of ether oxygens (including phenoxy) is 2. The summed E-state index contributed by atoms with van der Waals surface area (Å²) in [6.45, 7) is 3.18. The molecule has 1 fully saturated rings. The van der Waals surface area contributed by atoms with E-state index in [-0.39, 0.29) is 16.7 Å². The molecule has 2 N–H and O–H groups in total. The van der Waals surface area contributed by atoms with Crippen LogP contribution >= 0.6 is 33.9 Å². The van der Waals surface area contributed by atoms with Crippen LogP contribution in [0.2, 0.25) is 0 Å². The molecular formula is C23H25IN4O5S2. The van der Waals surface area contributed by atoms with Crippen LogP contribution in [0.5, 0.6) is 5.88 Å². The molecule has 186 valence electrons. The number of carbonyl (C=O) groups excluding carboxylic acids is 1. The summed E-state index contributed by atoms with van der Waals surface area (Å²) in [7, 11) is -2.62. The third-order valence-electron chi connectivity index (χ3n) is 5.54. The van der Waals surface area contributed by atoms with Gasteiger partial charge in [-0.3, -0.25) is 9.52 Å². The summed E-state index contributed by atoms with van der Waals surface area (Å²) in [4.78, 5) is 21.8. The Hall–Kier alpha value is -2.29. The monoisotopic (exact) mass is 628 g/mol. The van der Waals surface area contributed by atoms with Gasteiger partial charge in [-0.1, -0.05) is 23.5 Å². The van der Waals surface area contributed by atoms with E-state index in [2.05, 4.69) is 42.6 Å². The quantitative estimate of drug-likeness (QED) is 0.348. The molecule has 1 aliphatic heterocycles. The Morgan fingerprint density at radius 3 is 2.74 bits per heavy atom. The molecule has 0 aliphatic carbocycles. The molecule has 3 aromatic rings. The van der Waals surface area contributed by atoms with E-state index in [0.29, 0.717) is 52.5 Å². The van der Waals surface area contributed by atoms with Crippen molar-refractivity contribution >= 4 is 60.7 Å². The Kier molecular flexibility index (Phi) is 8.24. The van der Waals surface area contributed by atoms with Crippen LogP contribution in [0.15, 0.2) is 41.4 Å². The van der Waals surface area contributed by atoms with Crippen molar-refractivity contribution in [2.45, 2.75) is 31.1 Å². The number of nitrogens with one attached hydrogen (secondary N) is 2. The van der Waals surface area contributed by atoms with Gasteiger partial charge in [0.25, 0.3) is 10.0 Å². The van der Waals surface area contributed by atoms with Crippen molar-refractivity contribution in [2.75, 3.05) is 30.4 Å². The molecule has 0 unspecified atom stereocenters. The van der Waals surface area contributed by atoms with E-state index in [1.807, 2.05) is 19.1 Å². The lowest BCUT2D eigenvalue weighted by Crippen LogP contribution is -2.22. The Bertz CT molecular complexity index is 1320. The number of aryl methyl sites for hydroxylation is 1. The van der Waals surface area contributed by atoms with E-state index >= 15 is 0 Å². The SMILES string of the molecule is COc1ncc(-c2sc(NC(=O)CC3CCOCC3)nc2C)cc1S(=O)(=O)Nc1ccccc1I. The fourth-order valence-electron chi connectivity index (χ4n) is 3.75. The van der Waals surface area contributed by atoms with Crippen LogP contribution < -0.4 is 14.8 Å². The average Bonchev–Trinajstić information content (AvgIpc) is 3.20. The molecule has 0 radical (unpaired) electrons. The minimum atomic E-state index is -3.99. The number of carbonyl (C=O) groups is 1. The second-order valence-corrected chi connectivity index (χ2v) is 11.9. The molecule has 35 heavy (non-hydrogen) atoms. The third kappa shape index (κ3) is 6.29. The summed E-state index contributed by atoms with van der Waals surface area (Å²) in [6.07, 6.45) is 3.72. The van der Waals surface area contributed by atoms with Gasteiger partial charge in [-0.25, -0.2) is 18.4 Å². The van der Waals surface area contributed by atoms with Crippen LogP contribution in [-0.2, 0) is 19.6 Å². The highest BCUT2D eigenvalue weighted by Gasteiger charge is 2.24. The van der Waals surface area contributed by atoms with Crippen molar-refractivity contribution in [3.05, 3.63) is 45.8 Å². The van der Waals surface area contributed by atoms with E-state index in [4.69, 9.17) is 9.47 Å². The van der Waals surface area contributed by atoms with Crippen molar-refractivity contribution in [1.82, 2.24) is 9.97 Å². The summed E-state index contributed by atoms with van der Waals surface area (Å²) < 4.78 is 40.4. The zero-order valence-electron chi connectivity index (χ0n) is 19.2. The Morgan fingerprint density at radius 1 is 1.29 bits per heavy atom. The van der Waals surface area contributed by atoms with Crippen LogP contribution in [0.25, 0.3) is 10.4 Å². The first-order valence-corrected chi connectivity index (χ1v) is 14.3. The summed E-state index contributed by atoms with van der Waals surface area (Å²) >= 11 is 3.34.